The van der Waals surface area contributed by atoms with Gasteiger partial charge in [-0.25, -0.2) is 0 Å². The van der Waals surface area contributed by atoms with Gasteiger partial charge in [-0.05, 0) is 38.0 Å². The normalized spacial score (nSPS) is 30.4. The van der Waals surface area contributed by atoms with Gasteiger partial charge < -0.3 is 5.73 Å². The van der Waals surface area contributed by atoms with Crippen molar-refractivity contribution in [3.63, 3.8) is 0 Å². The zero-order chi connectivity index (χ0) is 15.2. The first kappa shape index (κ1) is 16.3. The van der Waals surface area contributed by atoms with Crippen molar-refractivity contribution in [2.75, 3.05) is 6.54 Å². The van der Waals surface area contributed by atoms with Crippen LogP contribution in [-0.4, -0.2) is 29.4 Å². The van der Waals surface area contributed by atoms with Gasteiger partial charge in [-0.1, -0.05) is 32.6 Å². The van der Waals surface area contributed by atoms with Crippen LogP contribution in [0.5, 0.6) is 0 Å². The Morgan fingerprint density at radius 3 is 2.57 bits per heavy atom. The molecule has 0 aliphatic heterocycles. The first-order chi connectivity index (χ1) is 10.2. The van der Waals surface area contributed by atoms with Crippen LogP contribution < -0.4 is 5.73 Å². The molecule has 2 saturated carbocycles. The van der Waals surface area contributed by atoms with Crippen molar-refractivity contribution in [1.29, 1.82) is 5.26 Å². The fourth-order valence-electron chi connectivity index (χ4n) is 4.35. The number of nitrogens with zero attached hydrogens (tertiary/aromatic N) is 2. The lowest BCUT2D eigenvalue weighted by Crippen LogP contribution is -2.51. The molecule has 4 heteroatoms. The molecule has 1 amide bonds. The van der Waals surface area contributed by atoms with Crippen LogP contribution in [-0.2, 0) is 4.79 Å². The lowest BCUT2D eigenvalue weighted by atomic mass is 9.76. The van der Waals surface area contributed by atoms with Gasteiger partial charge in [-0.15, -0.1) is 0 Å². The summed E-state index contributed by atoms with van der Waals surface area (Å²) in [6.07, 6.45) is 10.4. The van der Waals surface area contributed by atoms with Crippen LogP contribution in [0.1, 0.15) is 64.7 Å². The minimum atomic E-state index is -0.254. The highest BCUT2D eigenvalue weighted by Gasteiger charge is 2.38. The molecular formula is C17H29N3O. The van der Waals surface area contributed by atoms with Gasteiger partial charge in [0.1, 0.15) is 0 Å². The van der Waals surface area contributed by atoms with E-state index in [0.29, 0.717) is 18.5 Å². The van der Waals surface area contributed by atoms with Crippen LogP contribution in [0.3, 0.4) is 0 Å². The third kappa shape index (κ3) is 4.20. The Kier molecular flexibility index (Phi) is 6.05. The van der Waals surface area contributed by atoms with Gasteiger partial charge in [0, 0.05) is 12.1 Å². The van der Waals surface area contributed by atoms with E-state index in [4.69, 9.17) is 5.73 Å². The molecule has 0 radical (unpaired) electrons. The van der Waals surface area contributed by atoms with E-state index in [-0.39, 0.29) is 17.9 Å². The molecule has 3 unspecified atom stereocenters. The summed E-state index contributed by atoms with van der Waals surface area (Å²) in [4.78, 5) is 13.8. The first-order valence-electron chi connectivity index (χ1n) is 8.59. The van der Waals surface area contributed by atoms with Crippen molar-refractivity contribution in [2.45, 2.75) is 76.8 Å². The molecule has 2 aliphatic carbocycles. The molecule has 0 spiro atoms. The number of amides is 1. The number of hydrogen-bond acceptors (Lipinski definition) is 3. The zero-order valence-electron chi connectivity index (χ0n) is 13.3. The summed E-state index contributed by atoms with van der Waals surface area (Å²) in [5.41, 5.74) is 5.48. The highest BCUT2D eigenvalue weighted by molar-refractivity contribution is 5.76. The largest absolute Gasteiger partial charge is 0.369 e. The van der Waals surface area contributed by atoms with Gasteiger partial charge in [0.15, 0.2) is 0 Å². The smallest absolute Gasteiger partial charge is 0.231 e. The molecule has 0 bridgehead atoms. The van der Waals surface area contributed by atoms with E-state index >= 15 is 0 Å². The van der Waals surface area contributed by atoms with Crippen LogP contribution >= 0.6 is 0 Å². The standard InChI is InChI=1S/C17H29N3O/c1-2-5-13-8-9-14(11-18)16(10-13)20(12-17(19)21)15-6-3-4-7-15/h13-16H,2-10,12H2,1H3,(H2,19,21). The highest BCUT2D eigenvalue weighted by Crippen LogP contribution is 2.37. The van der Waals surface area contributed by atoms with Crippen molar-refractivity contribution in [2.24, 2.45) is 17.6 Å². The molecule has 118 valence electrons. The van der Waals surface area contributed by atoms with Crippen molar-refractivity contribution in [1.82, 2.24) is 4.90 Å². The average molecular weight is 291 g/mol. The SMILES string of the molecule is CCCC1CCC(C#N)C(N(CC(N)=O)C2CCCC2)C1. The van der Waals surface area contributed by atoms with Crippen molar-refractivity contribution >= 4 is 5.91 Å². The fraction of sp³-hybridized carbons (Fsp3) is 0.882. The molecule has 0 heterocycles. The zero-order valence-corrected chi connectivity index (χ0v) is 13.3. The van der Waals surface area contributed by atoms with Crippen molar-refractivity contribution in [3.8, 4) is 6.07 Å². The third-order valence-corrected chi connectivity index (χ3v) is 5.35. The predicted molar refractivity (Wildman–Crippen MR) is 83.3 cm³/mol. The van der Waals surface area contributed by atoms with E-state index in [0.717, 1.165) is 32.1 Å². The number of nitrogens with two attached hydrogens (primary N) is 1. The Hall–Kier alpha value is -1.08. The van der Waals surface area contributed by atoms with Crippen molar-refractivity contribution in [3.05, 3.63) is 0 Å². The Bertz CT molecular complexity index is 384. The molecule has 4 nitrogen and oxygen atoms in total. The van der Waals surface area contributed by atoms with Gasteiger partial charge in [0.05, 0.1) is 18.5 Å². The second-order valence-electron chi connectivity index (χ2n) is 6.85. The topological polar surface area (TPSA) is 70.1 Å². The maximum absolute atomic E-state index is 11.5. The summed E-state index contributed by atoms with van der Waals surface area (Å²) >= 11 is 0. The van der Waals surface area contributed by atoms with Crippen LogP contribution in [0.15, 0.2) is 0 Å². The molecule has 2 aliphatic rings. The number of carbonyl (C=O) groups excluding carboxylic acids is 1. The molecular weight excluding hydrogens is 262 g/mol. The number of carbonyl (C=O) groups is 1. The molecule has 0 aromatic heterocycles. The minimum Gasteiger partial charge on any atom is -0.369 e. The Balaban J connectivity index is 2.12. The summed E-state index contributed by atoms with van der Waals surface area (Å²) in [6.45, 7) is 2.55. The Morgan fingerprint density at radius 2 is 2.00 bits per heavy atom. The summed E-state index contributed by atoms with van der Waals surface area (Å²) in [6, 6.07) is 3.19. The lowest BCUT2D eigenvalue weighted by molar-refractivity contribution is -0.121. The summed E-state index contributed by atoms with van der Waals surface area (Å²) in [5, 5.41) is 9.51. The minimum absolute atomic E-state index is 0.0676. The van der Waals surface area contributed by atoms with Gasteiger partial charge in [-0.2, -0.15) is 5.26 Å². The number of rotatable bonds is 6. The second kappa shape index (κ2) is 7.79. The van der Waals surface area contributed by atoms with Gasteiger partial charge in [0.25, 0.3) is 0 Å². The molecule has 0 aromatic rings. The van der Waals surface area contributed by atoms with Crippen LogP contribution in [0, 0.1) is 23.2 Å². The quantitative estimate of drug-likeness (QED) is 0.818. The molecule has 2 rings (SSSR count). The van der Waals surface area contributed by atoms with Gasteiger partial charge >= 0.3 is 0 Å². The predicted octanol–water partition coefficient (Wildman–Crippen LogP) is 2.82. The van der Waals surface area contributed by atoms with E-state index < -0.39 is 0 Å². The molecule has 21 heavy (non-hydrogen) atoms. The molecule has 2 N–H and O–H groups in total. The summed E-state index contributed by atoms with van der Waals surface area (Å²) < 4.78 is 0. The monoisotopic (exact) mass is 291 g/mol. The number of hydrogen-bond donors (Lipinski definition) is 1. The molecule has 2 fully saturated rings. The van der Waals surface area contributed by atoms with E-state index in [2.05, 4.69) is 17.9 Å². The Morgan fingerprint density at radius 1 is 1.29 bits per heavy atom. The van der Waals surface area contributed by atoms with Crippen LogP contribution in [0.2, 0.25) is 0 Å². The maximum Gasteiger partial charge on any atom is 0.231 e. The number of nitriles is 1. The second-order valence-corrected chi connectivity index (χ2v) is 6.85. The summed E-state index contributed by atoms with van der Waals surface area (Å²) in [5.74, 6) is 0.524. The lowest BCUT2D eigenvalue weighted by Gasteiger charge is -2.42. The highest BCUT2D eigenvalue weighted by atomic mass is 16.1. The van der Waals surface area contributed by atoms with Crippen LogP contribution in [0.25, 0.3) is 0 Å². The van der Waals surface area contributed by atoms with E-state index in [9.17, 15) is 10.1 Å². The molecule has 0 aromatic carbocycles. The van der Waals surface area contributed by atoms with E-state index in [1.54, 1.807) is 0 Å². The molecule has 3 atom stereocenters. The van der Waals surface area contributed by atoms with Gasteiger partial charge in [0.2, 0.25) is 5.91 Å². The third-order valence-electron chi connectivity index (χ3n) is 5.35. The van der Waals surface area contributed by atoms with Gasteiger partial charge in [-0.3, -0.25) is 9.69 Å². The van der Waals surface area contributed by atoms with E-state index in [1.807, 2.05) is 0 Å². The van der Waals surface area contributed by atoms with Crippen LogP contribution in [0.4, 0.5) is 0 Å². The maximum atomic E-state index is 11.5. The first-order valence-corrected chi connectivity index (χ1v) is 8.59. The molecule has 0 saturated heterocycles. The Labute approximate surface area is 128 Å². The number of primary amides is 1. The fourth-order valence-corrected chi connectivity index (χ4v) is 4.35. The van der Waals surface area contributed by atoms with Crippen molar-refractivity contribution < 1.29 is 4.79 Å². The van der Waals surface area contributed by atoms with E-state index in [1.165, 1.54) is 25.7 Å². The summed E-state index contributed by atoms with van der Waals surface area (Å²) in [7, 11) is 0. The average Bonchev–Trinajstić information content (AvgIpc) is 2.99.